The molecule has 1 unspecified atom stereocenters. The van der Waals surface area contributed by atoms with Crippen molar-refractivity contribution >= 4 is 17.2 Å². The lowest BCUT2D eigenvalue weighted by Gasteiger charge is -2.26. The van der Waals surface area contributed by atoms with Gasteiger partial charge in [-0.25, -0.2) is 0 Å². The standard InChI is InChI=1S/C18H21NO2S/c20-18(9-3-6-15-7-4-12-22-15)19-13-17-16-8-2-1-5-14(16)10-11-21-17/h1-2,4-5,7-8,12,17H,3,6,9-11,13H2,(H,19,20). The number of rotatable bonds is 6. The van der Waals surface area contributed by atoms with Crippen molar-refractivity contribution in [1.82, 2.24) is 5.32 Å². The Bertz CT molecular complexity index is 609. The molecule has 22 heavy (non-hydrogen) atoms. The molecular weight excluding hydrogens is 294 g/mol. The van der Waals surface area contributed by atoms with Crippen LogP contribution in [0.2, 0.25) is 0 Å². The minimum atomic E-state index is -0.00815. The van der Waals surface area contributed by atoms with Crippen molar-refractivity contribution < 1.29 is 9.53 Å². The van der Waals surface area contributed by atoms with Crippen LogP contribution < -0.4 is 5.32 Å². The zero-order valence-electron chi connectivity index (χ0n) is 12.6. The first-order valence-corrected chi connectivity index (χ1v) is 8.69. The molecule has 0 saturated carbocycles. The number of ether oxygens (including phenoxy) is 1. The van der Waals surface area contributed by atoms with E-state index in [1.54, 1.807) is 11.3 Å². The zero-order chi connectivity index (χ0) is 15.2. The van der Waals surface area contributed by atoms with E-state index in [1.165, 1.54) is 16.0 Å². The molecule has 2 heterocycles. The predicted molar refractivity (Wildman–Crippen MR) is 89.1 cm³/mol. The third-order valence-corrected chi connectivity index (χ3v) is 4.92. The van der Waals surface area contributed by atoms with E-state index in [4.69, 9.17) is 4.74 Å². The van der Waals surface area contributed by atoms with Crippen molar-refractivity contribution in [3.05, 3.63) is 57.8 Å². The largest absolute Gasteiger partial charge is 0.371 e. The van der Waals surface area contributed by atoms with Gasteiger partial charge in [-0.3, -0.25) is 4.79 Å². The van der Waals surface area contributed by atoms with Gasteiger partial charge in [-0.15, -0.1) is 11.3 Å². The molecule has 1 N–H and O–H groups in total. The van der Waals surface area contributed by atoms with Gasteiger partial charge < -0.3 is 10.1 Å². The Morgan fingerprint density at radius 1 is 1.27 bits per heavy atom. The first-order chi connectivity index (χ1) is 10.8. The summed E-state index contributed by atoms with van der Waals surface area (Å²) in [4.78, 5) is 13.3. The zero-order valence-corrected chi connectivity index (χ0v) is 13.4. The number of carbonyl (C=O) groups is 1. The topological polar surface area (TPSA) is 38.3 Å². The summed E-state index contributed by atoms with van der Waals surface area (Å²) in [5.41, 5.74) is 2.55. The minimum Gasteiger partial charge on any atom is -0.371 e. The molecule has 1 aliphatic rings. The number of benzene rings is 1. The Morgan fingerprint density at radius 3 is 3.05 bits per heavy atom. The SMILES string of the molecule is O=C(CCCc1cccs1)NCC1OCCc2ccccc21. The predicted octanol–water partition coefficient (Wildman–Crippen LogP) is 3.50. The molecule has 0 aliphatic carbocycles. The molecule has 0 saturated heterocycles. The molecule has 1 aliphatic heterocycles. The van der Waals surface area contributed by atoms with Crippen LogP contribution in [0.4, 0.5) is 0 Å². The number of carbonyl (C=O) groups excluding carboxylic acids is 1. The van der Waals surface area contributed by atoms with Crippen LogP contribution in [0.1, 0.15) is 34.9 Å². The van der Waals surface area contributed by atoms with Crippen LogP contribution in [0.25, 0.3) is 0 Å². The summed E-state index contributed by atoms with van der Waals surface area (Å²) in [6.45, 7) is 1.30. The number of nitrogens with one attached hydrogen (secondary N) is 1. The van der Waals surface area contributed by atoms with E-state index in [0.29, 0.717) is 13.0 Å². The van der Waals surface area contributed by atoms with Crippen LogP contribution in [-0.2, 0) is 22.4 Å². The van der Waals surface area contributed by atoms with Crippen LogP contribution in [-0.4, -0.2) is 19.1 Å². The van der Waals surface area contributed by atoms with Gasteiger partial charge in [0, 0.05) is 17.8 Å². The maximum atomic E-state index is 12.0. The second kappa shape index (κ2) is 7.56. The molecule has 2 aromatic rings. The van der Waals surface area contributed by atoms with Crippen molar-refractivity contribution in [2.24, 2.45) is 0 Å². The van der Waals surface area contributed by atoms with Crippen molar-refractivity contribution in [2.75, 3.05) is 13.2 Å². The lowest BCUT2D eigenvalue weighted by molar-refractivity contribution is -0.121. The van der Waals surface area contributed by atoms with Gasteiger partial charge in [0.25, 0.3) is 0 Å². The Morgan fingerprint density at radius 2 is 2.18 bits per heavy atom. The normalized spacial score (nSPS) is 17.0. The molecule has 3 rings (SSSR count). The molecule has 1 aromatic heterocycles. The van der Waals surface area contributed by atoms with E-state index in [2.05, 4.69) is 41.0 Å². The second-order valence-electron chi connectivity index (χ2n) is 5.55. The number of amides is 1. The van der Waals surface area contributed by atoms with Gasteiger partial charge in [-0.05, 0) is 41.8 Å². The second-order valence-corrected chi connectivity index (χ2v) is 6.58. The molecule has 0 bridgehead atoms. The maximum absolute atomic E-state index is 12.0. The number of hydrogen-bond acceptors (Lipinski definition) is 3. The first kappa shape index (κ1) is 15.3. The highest BCUT2D eigenvalue weighted by Crippen LogP contribution is 2.26. The Hall–Kier alpha value is -1.65. The third-order valence-electron chi connectivity index (χ3n) is 3.98. The Kier molecular flexibility index (Phi) is 5.24. The molecule has 0 radical (unpaired) electrons. The molecule has 0 spiro atoms. The lowest BCUT2D eigenvalue weighted by Crippen LogP contribution is -2.31. The van der Waals surface area contributed by atoms with Gasteiger partial charge in [0.05, 0.1) is 6.61 Å². The number of aryl methyl sites for hydroxylation is 1. The highest BCUT2D eigenvalue weighted by Gasteiger charge is 2.20. The van der Waals surface area contributed by atoms with Gasteiger partial charge in [0.15, 0.2) is 0 Å². The van der Waals surface area contributed by atoms with E-state index >= 15 is 0 Å². The third kappa shape index (κ3) is 3.96. The number of thiophene rings is 1. The summed E-state index contributed by atoms with van der Waals surface area (Å²) in [5, 5.41) is 5.09. The quantitative estimate of drug-likeness (QED) is 0.886. The van der Waals surface area contributed by atoms with E-state index in [0.717, 1.165) is 25.9 Å². The molecule has 1 atom stereocenters. The molecule has 1 amide bonds. The van der Waals surface area contributed by atoms with Crippen LogP contribution in [0, 0.1) is 0 Å². The number of hydrogen-bond donors (Lipinski definition) is 1. The summed E-state index contributed by atoms with van der Waals surface area (Å²) in [7, 11) is 0. The first-order valence-electron chi connectivity index (χ1n) is 7.81. The minimum absolute atomic E-state index is 0.00815. The highest BCUT2D eigenvalue weighted by molar-refractivity contribution is 7.09. The van der Waals surface area contributed by atoms with Gasteiger partial charge in [0.1, 0.15) is 6.10 Å². The van der Waals surface area contributed by atoms with Crippen LogP contribution in [0.15, 0.2) is 41.8 Å². The van der Waals surface area contributed by atoms with Gasteiger partial charge >= 0.3 is 0 Å². The maximum Gasteiger partial charge on any atom is 0.220 e. The average molecular weight is 315 g/mol. The fraction of sp³-hybridized carbons (Fsp3) is 0.389. The summed E-state index contributed by atoms with van der Waals surface area (Å²) in [6.07, 6.45) is 3.40. The van der Waals surface area contributed by atoms with E-state index in [-0.39, 0.29) is 12.0 Å². The van der Waals surface area contributed by atoms with Gasteiger partial charge in [0.2, 0.25) is 5.91 Å². The molecule has 3 nitrogen and oxygen atoms in total. The Balaban J connectivity index is 1.43. The van der Waals surface area contributed by atoms with Crippen LogP contribution in [0.5, 0.6) is 0 Å². The lowest BCUT2D eigenvalue weighted by atomic mass is 9.97. The van der Waals surface area contributed by atoms with Crippen molar-refractivity contribution in [2.45, 2.75) is 31.8 Å². The van der Waals surface area contributed by atoms with Crippen LogP contribution in [0.3, 0.4) is 0 Å². The van der Waals surface area contributed by atoms with Gasteiger partial charge in [-0.2, -0.15) is 0 Å². The summed E-state index contributed by atoms with van der Waals surface area (Å²) in [6, 6.07) is 12.5. The fourth-order valence-electron chi connectivity index (χ4n) is 2.82. The fourth-order valence-corrected chi connectivity index (χ4v) is 3.57. The van der Waals surface area contributed by atoms with E-state index < -0.39 is 0 Å². The van der Waals surface area contributed by atoms with E-state index in [1.807, 2.05) is 6.07 Å². The summed E-state index contributed by atoms with van der Waals surface area (Å²) >= 11 is 1.75. The Labute approximate surface area is 135 Å². The van der Waals surface area contributed by atoms with Crippen molar-refractivity contribution in [3.8, 4) is 0 Å². The van der Waals surface area contributed by atoms with Crippen LogP contribution >= 0.6 is 11.3 Å². The molecular formula is C18H21NO2S. The summed E-state index contributed by atoms with van der Waals surface area (Å²) in [5.74, 6) is 0.114. The summed E-state index contributed by atoms with van der Waals surface area (Å²) < 4.78 is 5.81. The van der Waals surface area contributed by atoms with E-state index in [9.17, 15) is 4.79 Å². The van der Waals surface area contributed by atoms with Crippen molar-refractivity contribution in [1.29, 1.82) is 0 Å². The molecule has 1 aromatic carbocycles. The van der Waals surface area contributed by atoms with Gasteiger partial charge in [-0.1, -0.05) is 30.3 Å². The smallest absolute Gasteiger partial charge is 0.220 e. The number of fused-ring (bicyclic) bond motifs is 1. The highest BCUT2D eigenvalue weighted by atomic mass is 32.1. The molecule has 0 fully saturated rings. The monoisotopic (exact) mass is 315 g/mol. The average Bonchev–Trinajstić information content (AvgIpc) is 3.06. The van der Waals surface area contributed by atoms with Crippen molar-refractivity contribution in [3.63, 3.8) is 0 Å². The molecule has 4 heteroatoms. The molecule has 116 valence electrons.